The first-order chi connectivity index (χ1) is 14.8. The van der Waals surface area contributed by atoms with Crippen LogP contribution in [-0.2, 0) is 6.54 Å². The van der Waals surface area contributed by atoms with Crippen LogP contribution in [0.3, 0.4) is 0 Å². The van der Waals surface area contributed by atoms with Crippen LogP contribution in [0.2, 0.25) is 0 Å². The molecular formula is C23H31N3O5. The third kappa shape index (κ3) is 5.02. The third-order valence-electron chi connectivity index (χ3n) is 5.27. The van der Waals surface area contributed by atoms with E-state index in [-0.39, 0.29) is 5.56 Å². The van der Waals surface area contributed by atoms with Crippen LogP contribution in [0.25, 0.3) is 11.3 Å². The van der Waals surface area contributed by atoms with Crippen molar-refractivity contribution in [2.45, 2.75) is 39.7 Å². The molecule has 0 radical (unpaired) electrons. The second-order valence-corrected chi connectivity index (χ2v) is 8.19. The van der Waals surface area contributed by atoms with E-state index in [2.05, 4.69) is 13.8 Å². The molecule has 168 valence electrons. The smallest absolute Gasteiger partial charge is 0.341 e. The Hall–Kier alpha value is -3.00. The average molecular weight is 430 g/mol. The molecule has 0 atom stereocenters. The maximum Gasteiger partial charge on any atom is 0.341 e. The van der Waals surface area contributed by atoms with E-state index in [0.717, 1.165) is 30.4 Å². The van der Waals surface area contributed by atoms with E-state index < -0.39 is 11.4 Å². The van der Waals surface area contributed by atoms with Gasteiger partial charge in [0.25, 0.3) is 0 Å². The second kappa shape index (κ2) is 9.87. The van der Waals surface area contributed by atoms with Crippen LogP contribution in [0.15, 0.2) is 29.2 Å². The Labute approximate surface area is 182 Å². The molecule has 1 aliphatic rings. The number of carboxylic acid groups (broad SMARTS) is 1. The highest BCUT2D eigenvalue weighted by atomic mass is 16.5. The molecule has 0 fully saturated rings. The Morgan fingerprint density at radius 1 is 1.19 bits per heavy atom. The summed E-state index contributed by atoms with van der Waals surface area (Å²) in [6.45, 7) is 6.71. The predicted octanol–water partition coefficient (Wildman–Crippen LogP) is 2.84. The van der Waals surface area contributed by atoms with Gasteiger partial charge in [-0.1, -0.05) is 13.8 Å². The summed E-state index contributed by atoms with van der Waals surface area (Å²) in [7, 11) is 1.58. The van der Waals surface area contributed by atoms with Crippen molar-refractivity contribution in [2.75, 3.05) is 31.8 Å². The highest BCUT2D eigenvalue weighted by Gasteiger charge is 2.26. The molecule has 0 aliphatic carbocycles. The lowest BCUT2D eigenvalue weighted by Gasteiger charge is -2.36. The van der Waals surface area contributed by atoms with E-state index in [1.165, 1.54) is 12.3 Å². The van der Waals surface area contributed by atoms with Crippen molar-refractivity contribution in [2.24, 2.45) is 11.7 Å². The maximum absolute atomic E-state index is 12.4. The SMILES string of the molecule is COc1cc2c(cc1OCCCCCN)CN(CC(C)C)n1cc(C(=O)O)c(=O)cc1-2. The predicted molar refractivity (Wildman–Crippen MR) is 120 cm³/mol. The Morgan fingerprint density at radius 2 is 1.97 bits per heavy atom. The van der Waals surface area contributed by atoms with E-state index in [0.29, 0.717) is 49.4 Å². The zero-order valence-electron chi connectivity index (χ0n) is 18.4. The molecular weight excluding hydrogens is 398 g/mol. The lowest BCUT2D eigenvalue weighted by molar-refractivity contribution is 0.0694. The molecule has 0 spiro atoms. The fourth-order valence-corrected chi connectivity index (χ4v) is 3.82. The van der Waals surface area contributed by atoms with E-state index in [1.807, 2.05) is 17.1 Å². The molecule has 0 amide bonds. The number of nitrogens with zero attached hydrogens (tertiary/aromatic N) is 2. The van der Waals surface area contributed by atoms with Crippen molar-refractivity contribution in [3.63, 3.8) is 0 Å². The largest absolute Gasteiger partial charge is 0.493 e. The highest BCUT2D eigenvalue weighted by molar-refractivity contribution is 5.88. The molecule has 2 aromatic rings. The van der Waals surface area contributed by atoms with Gasteiger partial charge in [-0.25, -0.2) is 4.79 Å². The van der Waals surface area contributed by atoms with Crippen LogP contribution in [-0.4, -0.2) is 42.6 Å². The van der Waals surface area contributed by atoms with E-state index in [4.69, 9.17) is 15.2 Å². The molecule has 31 heavy (non-hydrogen) atoms. The first kappa shape index (κ1) is 22.7. The van der Waals surface area contributed by atoms with Crippen molar-refractivity contribution in [1.29, 1.82) is 0 Å². The van der Waals surface area contributed by atoms with Gasteiger partial charge < -0.3 is 25.3 Å². The first-order valence-electron chi connectivity index (χ1n) is 10.6. The molecule has 3 rings (SSSR count). The normalized spacial score (nSPS) is 12.5. The number of pyridine rings is 1. The minimum Gasteiger partial charge on any atom is -0.493 e. The minimum atomic E-state index is -1.23. The molecule has 0 unspecified atom stereocenters. The van der Waals surface area contributed by atoms with Crippen LogP contribution >= 0.6 is 0 Å². The number of carbonyl (C=O) groups is 1. The number of benzene rings is 1. The van der Waals surface area contributed by atoms with Crippen LogP contribution in [0.1, 0.15) is 49.0 Å². The van der Waals surface area contributed by atoms with Gasteiger partial charge in [0.1, 0.15) is 5.56 Å². The van der Waals surface area contributed by atoms with Gasteiger partial charge >= 0.3 is 5.97 Å². The van der Waals surface area contributed by atoms with Crippen LogP contribution in [0.5, 0.6) is 11.5 Å². The number of hydrogen-bond acceptors (Lipinski definition) is 6. The number of fused-ring (bicyclic) bond motifs is 3. The van der Waals surface area contributed by atoms with Gasteiger partial charge in [0, 0.05) is 24.4 Å². The molecule has 1 aromatic heterocycles. The summed E-state index contributed by atoms with van der Waals surface area (Å²) in [5.41, 5.74) is 7.26. The van der Waals surface area contributed by atoms with Gasteiger partial charge in [-0.15, -0.1) is 0 Å². The summed E-state index contributed by atoms with van der Waals surface area (Å²) in [4.78, 5) is 24.0. The number of ether oxygens (including phenoxy) is 2. The van der Waals surface area contributed by atoms with Crippen molar-refractivity contribution in [3.05, 3.63) is 45.7 Å². The number of methoxy groups -OCH3 is 1. The molecule has 1 aliphatic heterocycles. The number of unbranched alkanes of at least 4 members (excludes halogenated alkanes) is 2. The average Bonchev–Trinajstić information content (AvgIpc) is 2.72. The van der Waals surface area contributed by atoms with Crippen molar-refractivity contribution < 1.29 is 19.4 Å². The summed E-state index contributed by atoms with van der Waals surface area (Å²) in [5, 5.41) is 11.5. The van der Waals surface area contributed by atoms with E-state index in [1.54, 1.807) is 11.8 Å². The molecule has 0 saturated carbocycles. The monoisotopic (exact) mass is 429 g/mol. The Balaban J connectivity index is 2.03. The maximum atomic E-state index is 12.4. The third-order valence-corrected chi connectivity index (χ3v) is 5.27. The Kier molecular flexibility index (Phi) is 7.22. The number of nitrogens with two attached hydrogens (primary N) is 1. The fourth-order valence-electron chi connectivity index (χ4n) is 3.82. The number of rotatable bonds is 10. The van der Waals surface area contributed by atoms with Gasteiger partial charge in [-0.3, -0.25) is 9.47 Å². The van der Waals surface area contributed by atoms with Gasteiger partial charge in [0.05, 0.1) is 26.0 Å². The zero-order valence-corrected chi connectivity index (χ0v) is 18.4. The zero-order chi connectivity index (χ0) is 22.5. The summed E-state index contributed by atoms with van der Waals surface area (Å²) in [5.74, 6) is 0.359. The van der Waals surface area contributed by atoms with Crippen molar-refractivity contribution in [1.82, 2.24) is 4.68 Å². The van der Waals surface area contributed by atoms with Crippen molar-refractivity contribution in [3.8, 4) is 22.8 Å². The van der Waals surface area contributed by atoms with Gasteiger partial charge in [-0.2, -0.15) is 0 Å². The lowest BCUT2D eigenvalue weighted by atomic mass is 9.99. The summed E-state index contributed by atoms with van der Waals surface area (Å²) >= 11 is 0. The number of hydrogen-bond donors (Lipinski definition) is 2. The fraction of sp³-hybridized carbons (Fsp3) is 0.478. The summed E-state index contributed by atoms with van der Waals surface area (Å²) in [6, 6.07) is 5.22. The molecule has 2 heterocycles. The second-order valence-electron chi connectivity index (χ2n) is 8.19. The standard InChI is InChI=1S/C23H31N3O5/c1-15(2)12-25-13-16-9-22(31-8-6-4-5-7-24)21(30-3)10-17(16)19-11-20(27)18(23(28)29)14-26(19)25/h9-11,14-15H,4-8,12-13,24H2,1-3H3,(H,28,29). The van der Waals surface area contributed by atoms with Crippen molar-refractivity contribution >= 4 is 5.97 Å². The minimum absolute atomic E-state index is 0.245. The Bertz CT molecular complexity index is 999. The highest BCUT2D eigenvalue weighted by Crippen LogP contribution is 2.38. The van der Waals surface area contributed by atoms with Gasteiger partial charge in [0.15, 0.2) is 16.9 Å². The van der Waals surface area contributed by atoms with Crippen LogP contribution in [0.4, 0.5) is 0 Å². The lowest BCUT2D eigenvalue weighted by Crippen LogP contribution is -2.41. The molecule has 0 saturated heterocycles. The number of aromatic carboxylic acids is 1. The number of carboxylic acids is 1. The quantitative estimate of drug-likeness (QED) is 0.559. The molecule has 3 N–H and O–H groups in total. The topological polar surface area (TPSA) is 107 Å². The number of aromatic nitrogens is 1. The molecule has 8 nitrogen and oxygen atoms in total. The van der Waals surface area contributed by atoms with Crippen LogP contribution in [0, 0.1) is 5.92 Å². The Morgan fingerprint density at radius 3 is 2.61 bits per heavy atom. The van der Waals surface area contributed by atoms with E-state index >= 15 is 0 Å². The molecule has 0 bridgehead atoms. The van der Waals surface area contributed by atoms with Gasteiger partial charge in [0.2, 0.25) is 0 Å². The van der Waals surface area contributed by atoms with E-state index in [9.17, 15) is 14.7 Å². The first-order valence-corrected chi connectivity index (χ1v) is 10.6. The molecule has 8 heteroatoms. The van der Waals surface area contributed by atoms with Crippen LogP contribution < -0.4 is 25.6 Å². The summed E-state index contributed by atoms with van der Waals surface area (Å²) < 4.78 is 13.3. The molecule has 1 aromatic carbocycles. The summed E-state index contributed by atoms with van der Waals surface area (Å²) in [6.07, 6.45) is 4.31. The van der Waals surface area contributed by atoms with Gasteiger partial charge in [-0.05, 0) is 49.4 Å².